The van der Waals surface area contributed by atoms with Crippen LogP contribution in [0.2, 0.25) is 0 Å². The van der Waals surface area contributed by atoms with Crippen LogP contribution in [0.1, 0.15) is 25.0 Å². The molecule has 2 rings (SSSR count). The van der Waals surface area contributed by atoms with E-state index in [0.717, 1.165) is 16.9 Å². The third-order valence-electron chi connectivity index (χ3n) is 3.39. The lowest BCUT2D eigenvalue weighted by Crippen LogP contribution is -2.34. The molecule has 0 saturated heterocycles. The van der Waals surface area contributed by atoms with Gasteiger partial charge >= 0.3 is 0 Å². The van der Waals surface area contributed by atoms with Gasteiger partial charge in [-0.1, -0.05) is 30.3 Å². The molecule has 1 N–H and O–H groups in total. The maximum Gasteiger partial charge on any atom is 0.221 e. The van der Waals surface area contributed by atoms with Crippen molar-refractivity contribution >= 4 is 17.4 Å². The molecule has 5 heteroatoms. The highest BCUT2D eigenvalue weighted by Gasteiger charge is 2.27. The van der Waals surface area contributed by atoms with Gasteiger partial charge < -0.3 is 10.1 Å². The van der Waals surface area contributed by atoms with Crippen molar-refractivity contribution in [3.63, 3.8) is 0 Å². The number of ether oxygens (including phenoxy) is 1. The fourth-order valence-corrected chi connectivity index (χ4v) is 2.31. The van der Waals surface area contributed by atoms with E-state index >= 15 is 0 Å². The maximum absolute atomic E-state index is 6.21. The number of nitrogens with zero attached hydrogens (tertiary/aromatic N) is 2. The Balaban J connectivity index is 2.33. The van der Waals surface area contributed by atoms with Crippen molar-refractivity contribution in [3.8, 4) is 5.88 Å². The van der Waals surface area contributed by atoms with Crippen LogP contribution in [0.15, 0.2) is 36.7 Å². The lowest BCUT2D eigenvalue weighted by molar-refractivity contribution is 0.323. The SMILES string of the molecule is CCOc1ncnc(NC(C)(CCl)c2ccccc2)c1C. The molecule has 0 amide bonds. The Morgan fingerprint density at radius 1 is 1.24 bits per heavy atom. The Hall–Kier alpha value is -1.81. The van der Waals surface area contributed by atoms with Gasteiger partial charge in [-0.25, -0.2) is 9.97 Å². The average molecular weight is 306 g/mol. The molecule has 0 radical (unpaired) electrons. The first-order chi connectivity index (χ1) is 10.1. The first-order valence-electron chi connectivity index (χ1n) is 6.95. The topological polar surface area (TPSA) is 47.0 Å². The molecule has 1 heterocycles. The van der Waals surface area contributed by atoms with E-state index in [-0.39, 0.29) is 0 Å². The van der Waals surface area contributed by atoms with Gasteiger partial charge in [-0.3, -0.25) is 0 Å². The molecule has 0 aliphatic heterocycles. The largest absolute Gasteiger partial charge is 0.478 e. The summed E-state index contributed by atoms with van der Waals surface area (Å²) in [4.78, 5) is 8.47. The molecule has 4 nitrogen and oxygen atoms in total. The number of hydrogen-bond donors (Lipinski definition) is 1. The summed E-state index contributed by atoms with van der Waals surface area (Å²) in [6.45, 7) is 6.49. The normalized spacial score (nSPS) is 13.5. The summed E-state index contributed by atoms with van der Waals surface area (Å²) in [5.41, 5.74) is 1.58. The first-order valence-corrected chi connectivity index (χ1v) is 7.48. The van der Waals surface area contributed by atoms with Crippen LogP contribution < -0.4 is 10.1 Å². The first kappa shape index (κ1) is 15.6. The smallest absolute Gasteiger partial charge is 0.221 e. The van der Waals surface area contributed by atoms with E-state index < -0.39 is 5.54 Å². The Morgan fingerprint density at radius 2 is 1.95 bits per heavy atom. The highest BCUT2D eigenvalue weighted by molar-refractivity contribution is 6.18. The van der Waals surface area contributed by atoms with Crippen molar-refractivity contribution in [2.75, 3.05) is 17.8 Å². The quantitative estimate of drug-likeness (QED) is 0.826. The van der Waals surface area contributed by atoms with Crippen molar-refractivity contribution in [2.24, 2.45) is 0 Å². The molecule has 0 spiro atoms. The van der Waals surface area contributed by atoms with Crippen LogP contribution in [-0.2, 0) is 5.54 Å². The molecule has 1 atom stereocenters. The minimum atomic E-state index is -0.411. The molecule has 1 unspecified atom stereocenters. The molecule has 1 aromatic heterocycles. The number of hydrogen-bond acceptors (Lipinski definition) is 4. The molecule has 2 aromatic rings. The van der Waals surface area contributed by atoms with Crippen molar-refractivity contribution in [1.82, 2.24) is 9.97 Å². The Morgan fingerprint density at radius 3 is 2.57 bits per heavy atom. The van der Waals surface area contributed by atoms with E-state index in [4.69, 9.17) is 16.3 Å². The minimum absolute atomic E-state index is 0.411. The van der Waals surface area contributed by atoms with Crippen LogP contribution in [0, 0.1) is 6.92 Å². The van der Waals surface area contributed by atoms with E-state index in [1.165, 1.54) is 6.33 Å². The number of alkyl halides is 1. The molecule has 1 aromatic carbocycles. The summed E-state index contributed by atoms with van der Waals surface area (Å²) >= 11 is 6.21. The molecule has 0 aliphatic carbocycles. The standard InChI is InChI=1S/C16H20ClN3O/c1-4-21-15-12(2)14(18-11-19-15)20-16(3,10-17)13-8-6-5-7-9-13/h5-9,11H,4,10H2,1-3H3,(H,18,19,20). The molecular formula is C16H20ClN3O. The maximum atomic E-state index is 6.21. The fourth-order valence-electron chi connectivity index (χ4n) is 2.09. The molecule has 21 heavy (non-hydrogen) atoms. The van der Waals surface area contributed by atoms with Crippen LogP contribution in [0.4, 0.5) is 5.82 Å². The van der Waals surface area contributed by atoms with Crippen molar-refractivity contribution in [1.29, 1.82) is 0 Å². The number of aromatic nitrogens is 2. The van der Waals surface area contributed by atoms with E-state index in [1.807, 2.05) is 32.0 Å². The van der Waals surface area contributed by atoms with Crippen molar-refractivity contribution < 1.29 is 4.74 Å². The van der Waals surface area contributed by atoms with Gasteiger partial charge in [0.2, 0.25) is 5.88 Å². The predicted octanol–water partition coefficient (Wildman–Crippen LogP) is 3.75. The summed E-state index contributed by atoms with van der Waals surface area (Å²) in [7, 11) is 0. The summed E-state index contributed by atoms with van der Waals surface area (Å²) in [6.07, 6.45) is 1.50. The zero-order chi connectivity index (χ0) is 15.3. The van der Waals surface area contributed by atoms with Gasteiger partial charge in [-0.15, -0.1) is 11.6 Å². The lowest BCUT2D eigenvalue weighted by atomic mass is 9.94. The van der Waals surface area contributed by atoms with Gasteiger partial charge in [0.1, 0.15) is 12.1 Å². The second-order valence-electron chi connectivity index (χ2n) is 5.04. The fraction of sp³-hybridized carbons (Fsp3) is 0.375. The highest BCUT2D eigenvalue weighted by Crippen LogP contribution is 2.30. The summed E-state index contributed by atoms with van der Waals surface area (Å²) in [6, 6.07) is 10.1. The van der Waals surface area contributed by atoms with E-state index in [2.05, 4.69) is 34.3 Å². The Kier molecular flexibility index (Phi) is 5.02. The molecule has 0 saturated carbocycles. The average Bonchev–Trinajstić information content (AvgIpc) is 2.52. The van der Waals surface area contributed by atoms with Gasteiger partial charge in [-0.2, -0.15) is 0 Å². The second kappa shape index (κ2) is 6.76. The van der Waals surface area contributed by atoms with Crippen molar-refractivity contribution in [3.05, 3.63) is 47.8 Å². The van der Waals surface area contributed by atoms with Crippen molar-refractivity contribution in [2.45, 2.75) is 26.3 Å². The van der Waals surface area contributed by atoms with Gasteiger partial charge in [0.05, 0.1) is 17.7 Å². The van der Waals surface area contributed by atoms with Crippen LogP contribution in [0.3, 0.4) is 0 Å². The predicted molar refractivity (Wildman–Crippen MR) is 86.1 cm³/mol. The van der Waals surface area contributed by atoms with Gasteiger partial charge in [-0.05, 0) is 26.3 Å². The van der Waals surface area contributed by atoms with Gasteiger partial charge in [0.25, 0.3) is 0 Å². The number of benzene rings is 1. The van der Waals surface area contributed by atoms with E-state index in [1.54, 1.807) is 0 Å². The third kappa shape index (κ3) is 3.45. The van der Waals surface area contributed by atoms with Crippen LogP contribution in [-0.4, -0.2) is 22.5 Å². The van der Waals surface area contributed by atoms with Crippen LogP contribution in [0.5, 0.6) is 5.88 Å². The number of anilines is 1. The monoisotopic (exact) mass is 305 g/mol. The lowest BCUT2D eigenvalue weighted by Gasteiger charge is -2.30. The number of halogens is 1. The summed E-state index contributed by atoms with van der Waals surface area (Å²) < 4.78 is 5.51. The summed E-state index contributed by atoms with van der Waals surface area (Å²) in [5, 5.41) is 3.43. The zero-order valence-corrected chi connectivity index (χ0v) is 13.3. The third-order valence-corrected chi connectivity index (χ3v) is 3.93. The van der Waals surface area contributed by atoms with Gasteiger partial charge in [0, 0.05) is 5.88 Å². The Labute approximate surface area is 130 Å². The van der Waals surface area contributed by atoms with Crippen LogP contribution >= 0.6 is 11.6 Å². The Bertz CT molecular complexity index is 591. The van der Waals surface area contributed by atoms with Gasteiger partial charge in [0.15, 0.2) is 0 Å². The molecule has 112 valence electrons. The molecular weight excluding hydrogens is 286 g/mol. The zero-order valence-electron chi connectivity index (χ0n) is 12.6. The molecule has 0 aliphatic rings. The number of rotatable bonds is 6. The number of nitrogens with one attached hydrogen (secondary N) is 1. The van der Waals surface area contributed by atoms with Crippen LogP contribution in [0.25, 0.3) is 0 Å². The summed E-state index contributed by atoms with van der Waals surface area (Å²) in [5.74, 6) is 1.75. The second-order valence-corrected chi connectivity index (χ2v) is 5.31. The molecule has 0 bridgehead atoms. The molecule has 0 fully saturated rings. The van der Waals surface area contributed by atoms with E-state index in [9.17, 15) is 0 Å². The highest BCUT2D eigenvalue weighted by atomic mass is 35.5. The minimum Gasteiger partial charge on any atom is -0.478 e. The van der Waals surface area contributed by atoms with E-state index in [0.29, 0.717) is 18.4 Å².